The molecule has 0 fully saturated rings. The van der Waals surface area contributed by atoms with Crippen LogP contribution in [0.1, 0.15) is 26.3 Å². The number of pyridine rings is 1. The molecule has 0 radical (unpaired) electrons. The van der Waals surface area contributed by atoms with Crippen LogP contribution >= 0.6 is 0 Å². The van der Waals surface area contributed by atoms with Crippen LogP contribution < -0.4 is 21.3 Å². The number of carboxylic acid groups (broad SMARTS) is 1. The summed E-state index contributed by atoms with van der Waals surface area (Å²) in [5.74, 6) is -1.59. The van der Waals surface area contributed by atoms with Crippen molar-refractivity contribution < 1.29 is 24.3 Å². The number of hydrogen-bond donors (Lipinski definition) is 4. The minimum Gasteiger partial charge on any atom is -0.465 e. The lowest BCUT2D eigenvalue weighted by Crippen LogP contribution is -2.58. The van der Waals surface area contributed by atoms with E-state index in [1.165, 1.54) is 25.1 Å². The highest BCUT2D eigenvalue weighted by Gasteiger charge is 2.43. The summed E-state index contributed by atoms with van der Waals surface area (Å²) in [7, 11) is 1.27. The topological polar surface area (TPSA) is 158 Å². The quantitative estimate of drug-likeness (QED) is 0.437. The van der Waals surface area contributed by atoms with Crippen molar-refractivity contribution in [2.24, 2.45) is 5.92 Å². The van der Waals surface area contributed by atoms with Crippen LogP contribution in [0.15, 0.2) is 42.6 Å². The molecule has 0 bridgehead atoms. The lowest BCUT2D eigenvalue weighted by atomic mass is 10.0. The molecule has 1 unspecified atom stereocenters. The first-order valence-electron chi connectivity index (χ1n) is 11.2. The summed E-state index contributed by atoms with van der Waals surface area (Å²) in [4.78, 5) is 57.6. The van der Waals surface area contributed by atoms with Crippen LogP contribution in [-0.2, 0) is 20.8 Å². The Labute approximate surface area is 203 Å². The van der Waals surface area contributed by atoms with Crippen molar-refractivity contribution in [3.63, 3.8) is 0 Å². The third-order valence-corrected chi connectivity index (χ3v) is 6.07. The molecule has 11 nitrogen and oxygen atoms in total. The van der Waals surface area contributed by atoms with Crippen LogP contribution in [-0.4, -0.2) is 64.0 Å². The summed E-state index contributed by atoms with van der Waals surface area (Å²) in [5, 5.41) is 14.6. The summed E-state index contributed by atoms with van der Waals surface area (Å²) < 4.78 is 0. The molecule has 35 heavy (non-hydrogen) atoms. The van der Waals surface area contributed by atoms with Gasteiger partial charge in [0.25, 0.3) is 5.91 Å². The standard InChI is InChI=1S/C24H30N6O5/c1-13(2)19(28-21(31)14(3)29(4)24(34)35)23(33)30-18(12-15-8-7-11-26-20(15)30)22(32)27-17-10-6-5-9-16(17)25/h5-11,13-14,18-19H,12,25H2,1-4H3,(H,27,32)(H,28,31)(H,34,35)/t14-,18?,19+/m1/s1. The number of carbonyl (C=O) groups excluding carboxylic acids is 3. The van der Waals surface area contributed by atoms with Gasteiger partial charge in [0.15, 0.2) is 0 Å². The largest absolute Gasteiger partial charge is 0.465 e. The number of hydrogen-bond acceptors (Lipinski definition) is 6. The van der Waals surface area contributed by atoms with Gasteiger partial charge in [-0.1, -0.05) is 32.0 Å². The number of nitrogens with two attached hydrogens (primary N) is 1. The maximum absolute atomic E-state index is 13.8. The lowest BCUT2D eigenvalue weighted by molar-refractivity contribution is -0.131. The van der Waals surface area contributed by atoms with Gasteiger partial charge in [-0.2, -0.15) is 0 Å². The number of aromatic nitrogens is 1. The molecule has 1 aromatic carbocycles. The number of para-hydroxylation sites is 2. The highest BCUT2D eigenvalue weighted by atomic mass is 16.4. The van der Waals surface area contributed by atoms with E-state index in [1.54, 1.807) is 50.2 Å². The fraction of sp³-hybridized carbons (Fsp3) is 0.375. The third-order valence-electron chi connectivity index (χ3n) is 6.07. The number of nitrogen functional groups attached to an aromatic ring is 1. The summed E-state index contributed by atoms with van der Waals surface area (Å²) in [6, 6.07) is 7.36. The normalized spacial score (nSPS) is 16.3. The van der Waals surface area contributed by atoms with E-state index >= 15 is 0 Å². The fourth-order valence-corrected chi connectivity index (χ4v) is 3.83. The maximum atomic E-state index is 13.8. The zero-order valence-corrected chi connectivity index (χ0v) is 20.1. The average Bonchev–Trinajstić information content (AvgIpc) is 3.22. The van der Waals surface area contributed by atoms with Gasteiger partial charge in [-0.3, -0.25) is 24.2 Å². The summed E-state index contributed by atoms with van der Waals surface area (Å²) >= 11 is 0. The molecule has 5 N–H and O–H groups in total. The zero-order chi connectivity index (χ0) is 25.9. The number of amides is 4. The Hall–Kier alpha value is -4.15. The molecule has 3 rings (SSSR count). The Bertz CT molecular complexity index is 1140. The SMILES string of the molecule is CC(C)[C@H](NC(=O)[C@@H](C)N(C)C(=O)O)C(=O)N1c2ncccc2CC1C(=O)Nc1ccccc1N. The van der Waals surface area contributed by atoms with Crippen molar-refractivity contribution in [2.45, 2.75) is 45.3 Å². The van der Waals surface area contributed by atoms with Gasteiger partial charge in [0.2, 0.25) is 11.8 Å². The predicted octanol–water partition coefficient (Wildman–Crippen LogP) is 1.70. The van der Waals surface area contributed by atoms with Gasteiger partial charge >= 0.3 is 6.09 Å². The summed E-state index contributed by atoms with van der Waals surface area (Å²) in [6.45, 7) is 4.94. The number of likely N-dealkylation sites (N-methyl/N-ethyl adjacent to an activating group) is 1. The molecule has 0 spiro atoms. The molecule has 4 amide bonds. The molecule has 0 saturated heterocycles. The molecular formula is C24H30N6O5. The van der Waals surface area contributed by atoms with Crippen LogP contribution in [0.25, 0.3) is 0 Å². The van der Waals surface area contributed by atoms with E-state index in [-0.39, 0.29) is 12.3 Å². The molecule has 0 saturated carbocycles. The molecule has 2 heterocycles. The summed E-state index contributed by atoms with van der Waals surface area (Å²) in [5.41, 5.74) is 7.49. The highest BCUT2D eigenvalue weighted by molar-refractivity contribution is 6.09. The minimum absolute atomic E-state index is 0.240. The zero-order valence-electron chi connectivity index (χ0n) is 20.1. The van der Waals surface area contributed by atoms with Gasteiger partial charge in [-0.25, -0.2) is 9.78 Å². The number of nitrogens with one attached hydrogen (secondary N) is 2. The van der Waals surface area contributed by atoms with E-state index in [9.17, 15) is 24.3 Å². The Morgan fingerprint density at radius 3 is 2.46 bits per heavy atom. The Morgan fingerprint density at radius 2 is 1.83 bits per heavy atom. The van der Waals surface area contributed by atoms with Crippen molar-refractivity contribution in [1.29, 1.82) is 0 Å². The van der Waals surface area contributed by atoms with Crippen LogP contribution in [0.2, 0.25) is 0 Å². The number of rotatable bonds is 7. The van der Waals surface area contributed by atoms with Crippen LogP contribution in [0.4, 0.5) is 22.0 Å². The van der Waals surface area contributed by atoms with E-state index < -0.39 is 41.9 Å². The first kappa shape index (κ1) is 25.5. The molecule has 11 heteroatoms. The van der Waals surface area contributed by atoms with E-state index in [0.29, 0.717) is 17.2 Å². The molecular weight excluding hydrogens is 452 g/mol. The van der Waals surface area contributed by atoms with Crippen LogP contribution in [0.3, 0.4) is 0 Å². The number of benzene rings is 1. The number of carbonyl (C=O) groups is 4. The van der Waals surface area contributed by atoms with Crippen molar-refractivity contribution in [3.8, 4) is 0 Å². The predicted molar refractivity (Wildman–Crippen MR) is 131 cm³/mol. The second kappa shape index (κ2) is 10.4. The Balaban J connectivity index is 1.90. The first-order valence-corrected chi connectivity index (χ1v) is 11.2. The average molecular weight is 483 g/mol. The van der Waals surface area contributed by atoms with Gasteiger partial charge < -0.3 is 21.5 Å². The van der Waals surface area contributed by atoms with Gasteiger partial charge in [0.1, 0.15) is 23.9 Å². The monoisotopic (exact) mass is 482 g/mol. The third kappa shape index (κ3) is 5.34. The first-order chi connectivity index (χ1) is 16.5. The van der Waals surface area contributed by atoms with Gasteiger partial charge in [0.05, 0.1) is 11.4 Å². The molecule has 3 atom stereocenters. The lowest BCUT2D eigenvalue weighted by Gasteiger charge is -2.31. The molecule has 2 aromatic rings. The summed E-state index contributed by atoms with van der Waals surface area (Å²) in [6.07, 6.45) is 0.501. The van der Waals surface area contributed by atoms with Gasteiger partial charge in [-0.05, 0) is 36.6 Å². The van der Waals surface area contributed by atoms with Crippen molar-refractivity contribution in [3.05, 3.63) is 48.2 Å². The molecule has 1 aromatic heterocycles. The Morgan fingerprint density at radius 1 is 1.14 bits per heavy atom. The van der Waals surface area contributed by atoms with E-state index in [0.717, 1.165) is 10.5 Å². The van der Waals surface area contributed by atoms with Gasteiger partial charge in [0, 0.05) is 19.7 Å². The Kier molecular flexibility index (Phi) is 7.58. The van der Waals surface area contributed by atoms with Crippen LogP contribution in [0, 0.1) is 5.92 Å². The highest BCUT2D eigenvalue weighted by Crippen LogP contribution is 2.32. The number of anilines is 3. The van der Waals surface area contributed by atoms with Gasteiger partial charge in [-0.15, -0.1) is 0 Å². The second-order valence-electron chi connectivity index (χ2n) is 8.79. The molecule has 1 aliphatic heterocycles. The number of nitrogens with zero attached hydrogens (tertiary/aromatic N) is 3. The molecule has 0 aliphatic carbocycles. The van der Waals surface area contributed by atoms with Crippen LogP contribution in [0.5, 0.6) is 0 Å². The molecule has 1 aliphatic rings. The smallest absolute Gasteiger partial charge is 0.407 e. The van der Waals surface area contributed by atoms with E-state index in [2.05, 4.69) is 15.6 Å². The van der Waals surface area contributed by atoms with Crippen molar-refractivity contribution in [1.82, 2.24) is 15.2 Å². The van der Waals surface area contributed by atoms with Crippen molar-refractivity contribution >= 4 is 41.0 Å². The fourth-order valence-electron chi connectivity index (χ4n) is 3.83. The van der Waals surface area contributed by atoms with E-state index in [4.69, 9.17) is 5.73 Å². The second-order valence-corrected chi connectivity index (χ2v) is 8.79. The maximum Gasteiger partial charge on any atom is 0.407 e. The van der Waals surface area contributed by atoms with E-state index in [1.807, 2.05) is 0 Å². The molecule has 186 valence electrons. The minimum atomic E-state index is -1.27. The number of fused-ring (bicyclic) bond motifs is 1. The van der Waals surface area contributed by atoms with Crippen molar-refractivity contribution in [2.75, 3.05) is 23.0 Å².